The van der Waals surface area contributed by atoms with Gasteiger partial charge in [0.15, 0.2) is 5.78 Å². The SMILES string of the molecule is COc1ccc(-n2nnnc2SCCCC(=O)c2cccs2)cc1. The van der Waals surface area contributed by atoms with Gasteiger partial charge in [-0.05, 0) is 52.6 Å². The van der Waals surface area contributed by atoms with Crippen LogP contribution in [0.1, 0.15) is 22.5 Å². The van der Waals surface area contributed by atoms with Gasteiger partial charge in [0, 0.05) is 12.2 Å². The number of carbonyl (C=O) groups is 1. The lowest BCUT2D eigenvalue weighted by Gasteiger charge is -2.05. The van der Waals surface area contributed by atoms with Crippen molar-refractivity contribution >= 4 is 28.9 Å². The summed E-state index contributed by atoms with van der Waals surface area (Å²) >= 11 is 3.03. The molecule has 0 atom stereocenters. The summed E-state index contributed by atoms with van der Waals surface area (Å²) in [5.41, 5.74) is 0.873. The number of aromatic nitrogens is 4. The van der Waals surface area contributed by atoms with Crippen molar-refractivity contribution in [3.63, 3.8) is 0 Å². The number of Topliss-reactive ketones (excluding diaryl/α,β-unsaturated/α-hetero) is 1. The van der Waals surface area contributed by atoms with Crippen LogP contribution < -0.4 is 4.74 Å². The van der Waals surface area contributed by atoms with Gasteiger partial charge in [0.2, 0.25) is 5.16 Å². The summed E-state index contributed by atoms with van der Waals surface area (Å²) < 4.78 is 6.84. The second-order valence-electron chi connectivity index (χ2n) is 4.92. The lowest BCUT2D eigenvalue weighted by molar-refractivity contribution is 0.0986. The molecular weight excluding hydrogens is 344 g/mol. The van der Waals surface area contributed by atoms with Gasteiger partial charge in [0.25, 0.3) is 0 Å². The van der Waals surface area contributed by atoms with E-state index < -0.39 is 0 Å². The van der Waals surface area contributed by atoms with Crippen LogP contribution in [0.5, 0.6) is 5.75 Å². The Labute approximate surface area is 147 Å². The molecule has 0 unspecified atom stereocenters. The van der Waals surface area contributed by atoms with Gasteiger partial charge in [-0.2, -0.15) is 4.68 Å². The van der Waals surface area contributed by atoms with Crippen molar-refractivity contribution in [2.45, 2.75) is 18.0 Å². The Morgan fingerprint density at radius 1 is 1.29 bits per heavy atom. The molecule has 8 heteroatoms. The van der Waals surface area contributed by atoms with Crippen LogP contribution in [0.2, 0.25) is 0 Å². The van der Waals surface area contributed by atoms with Crippen molar-refractivity contribution < 1.29 is 9.53 Å². The maximum absolute atomic E-state index is 12.0. The molecule has 124 valence electrons. The predicted octanol–water partition coefficient (Wildman–Crippen LogP) is 3.49. The van der Waals surface area contributed by atoms with E-state index in [9.17, 15) is 4.79 Å². The Morgan fingerprint density at radius 3 is 2.83 bits per heavy atom. The van der Waals surface area contributed by atoms with E-state index in [-0.39, 0.29) is 5.78 Å². The summed E-state index contributed by atoms with van der Waals surface area (Å²) in [4.78, 5) is 12.8. The van der Waals surface area contributed by atoms with Gasteiger partial charge >= 0.3 is 0 Å². The molecule has 3 rings (SSSR count). The zero-order valence-electron chi connectivity index (χ0n) is 13.1. The van der Waals surface area contributed by atoms with E-state index in [2.05, 4.69) is 15.5 Å². The highest BCUT2D eigenvalue weighted by molar-refractivity contribution is 7.99. The highest BCUT2D eigenvalue weighted by atomic mass is 32.2. The molecule has 0 aliphatic carbocycles. The van der Waals surface area contributed by atoms with E-state index in [1.807, 2.05) is 41.8 Å². The molecule has 24 heavy (non-hydrogen) atoms. The Bertz CT molecular complexity index is 785. The molecule has 0 amide bonds. The molecule has 0 spiro atoms. The molecule has 0 aliphatic rings. The van der Waals surface area contributed by atoms with E-state index in [1.54, 1.807) is 23.6 Å². The standard InChI is InChI=1S/C16H16N4O2S2/c1-22-13-8-6-12(7-9-13)20-16(17-18-19-20)24-11-2-4-14(21)15-5-3-10-23-15/h3,5-10H,2,4,11H2,1H3. The molecule has 6 nitrogen and oxygen atoms in total. The average molecular weight is 360 g/mol. The zero-order valence-corrected chi connectivity index (χ0v) is 14.7. The summed E-state index contributed by atoms with van der Waals surface area (Å²) in [5.74, 6) is 1.77. The predicted molar refractivity (Wildman–Crippen MR) is 94.3 cm³/mol. The Balaban J connectivity index is 1.54. The van der Waals surface area contributed by atoms with Crippen LogP contribution in [0.4, 0.5) is 0 Å². The molecule has 0 radical (unpaired) electrons. The number of carbonyl (C=O) groups excluding carboxylic acids is 1. The largest absolute Gasteiger partial charge is 0.497 e. The zero-order chi connectivity index (χ0) is 16.8. The molecule has 2 heterocycles. The molecule has 0 N–H and O–H groups in total. The van der Waals surface area contributed by atoms with Crippen LogP contribution in [-0.2, 0) is 0 Å². The number of rotatable bonds is 8. The van der Waals surface area contributed by atoms with Gasteiger partial charge in [-0.25, -0.2) is 0 Å². The number of thioether (sulfide) groups is 1. The lowest BCUT2D eigenvalue weighted by Crippen LogP contribution is -2.00. The number of benzene rings is 1. The number of ether oxygens (including phenoxy) is 1. The van der Waals surface area contributed by atoms with Crippen LogP contribution in [0.3, 0.4) is 0 Å². The molecule has 0 fully saturated rings. The van der Waals surface area contributed by atoms with Crippen molar-refractivity contribution in [1.82, 2.24) is 20.2 Å². The summed E-state index contributed by atoms with van der Waals surface area (Å²) in [5, 5.41) is 14.5. The third-order valence-electron chi connectivity index (χ3n) is 3.33. The Morgan fingerprint density at radius 2 is 2.12 bits per heavy atom. The van der Waals surface area contributed by atoms with Crippen molar-refractivity contribution in [3.05, 3.63) is 46.7 Å². The fourth-order valence-electron chi connectivity index (χ4n) is 2.11. The highest BCUT2D eigenvalue weighted by Gasteiger charge is 2.10. The average Bonchev–Trinajstić information content (AvgIpc) is 3.30. The van der Waals surface area contributed by atoms with Gasteiger partial charge in [-0.1, -0.05) is 17.8 Å². The Kier molecular flexibility index (Phi) is 5.60. The molecule has 1 aromatic carbocycles. The van der Waals surface area contributed by atoms with Crippen LogP contribution in [0, 0.1) is 0 Å². The minimum atomic E-state index is 0.195. The Hall–Kier alpha value is -2.19. The second-order valence-corrected chi connectivity index (χ2v) is 6.93. The molecule has 0 saturated carbocycles. The maximum Gasteiger partial charge on any atom is 0.214 e. The molecular formula is C16H16N4O2S2. The number of thiophene rings is 1. The summed E-state index contributed by atoms with van der Waals surface area (Å²) in [6, 6.07) is 11.3. The first-order valence-corrected chi connectivity index (χ1v) is 9.27. The first-order chi connectivity index (χ1) is 11.8. The third-order valence-corrected chi connectivity index (χ3v) is 5.25. The smallest absolute Gasteiger partial charge is 0.214 e. The van der Waals surface area contributed by atoms with E-state index in [0.29, 0.717) is 11.6 Å². The quantitative estimate of drug-likeness (QED) is 0.348. The fourth-order valence-corrected chi connectivity index (χ4v) is 3.64. The minimum Gasteiger partial charge on any atom is -0.497 e. The van der Waals surface area contributed by atoms with Crippen LogP contribution in [0.15, 0.2) is 46.9 Å². The van der Waals surface area contributed by atoms with Gasteiger partial charge in [-0.15, -0.1) is 16.4 Å². The summed E-state index contributed by atoms with van der Waals surface area (Å²) in [7, 11) is 1.63. The first-order valence-electron chi connectivity index (χ1n) is 7.40. The van der Waals surface area contributed by atoms with Gasteiger partial charge in [0.05, 0.1) is 17.7 Å². The third kappa shape index (κ3) is 4.01. The number of hydrogen-bond acceptors (Lipinski definition) is 7. The number of nitrogens with zero attached hydrogens (tertiary/aromatic N) is 4. The molecule has 0 saturated heterocycles. The summed E-state index contributed by atoms with van der Waals surface area (Å²) in [6.07, 6.45) is 1.33. The molecule has 0 aliphatic heterocycles. The monoisotopic (exact) mass is 360 g/mol. The van der Waals surface area contributed by atoms with E-state index in [4.69, 9.17) is 4.74 Å². The van der Waals surface area contributed by atoms with Crippen molar-refractivity contribution in [1.29, 1.82) is 0 Å². The van der Waals surface area contributed by atoms with Gasteiger partial charge in [-0.3, -0.25) is 4.79 Å². The van der Waals surface area contributed by atoms with Crippen LogP contribution in [-0.4, -0.2) is 38.9 Å². The maximum atomic E-state index is 12.0. The fraction of sp³-hybridized carbons (Fsp3) is 0.250. The highest BCUT2D eigenvalue weighted by Crippen LogP contribution is 2.22. The van der Waals surface area contributed by atoms with Gasteiger partial charge < -0.3 is 4.74 Å². The van der Waals surface area contributed by atoms with E-state index in [0.717, 1.165) is 28.5 Å². The summed E-state index contributed by atoms with van der Waals surface area (Å²) in [6.45, 7) is 0. The van der Waals surface area contributed by atoms with Crippen LogP contribution in [0.25, 0.3) is 5.69 Å². The lowest BCUT2D eigenvalue weighted by atomic mass is 10.2. The molecule has 2 aromatic heterocycles. The second kappa shape index (κ2) is 8.07. The molecule has 3 aromatic rings. The normalized spacial score (nSPS) is 10.7. The number of tetrazole rings is 1. The van der Waals surface area contributed by atoms with E-state index >= 15 is 0 Å². The van der Waals surface area contributed by atoms with Gasteiger partial charge in [0.1, 0.15) is 5.75 Å². The number of methoxy groups -OCH3 is 1. The molecule has 0 bridgehead atoms. The number of ketones is 1. The topological polar surface area (TPSA) is 69.9 Å². The first kappa shape index (κ1) is 16.7. The van der Waals surface area contributed by atoms with E-state index in [1.165, 1.54) is 11.3 Å². The minimum absolute atomic E-state index is 0.195. The van der Waals surface area contributed by atoms with Crippen molar-refractivity contribution in [3.8, 4) is 11.4 Å². The van der Waals surface area contributed by atoms with Crippen molar-refractivity contribution in [2.24, 2.45) is 0 Å². The van der Waals surface area contributed by atoms with Crippen molar-refractivity contribution in [2.75, 3.05) is 12.9 Å². The van der Waals surface area contributed by atoms with Crippen LogP contribution >= 0.6 is 23.1 Å². The number of hydrogen-bond donors (Lipinski definition) is 0.